The summed E-state index contributed by atoms with van der Waals surface area (Å²) in [4.78, 5) is 2.45. The summed E-state index contributed by atoms with van der Waals surface area (Å²) in [7, 11) is 0. The Hall–Kier alpha value is -1.18. The Morgan fingerprint density at radius 3 is 2.71 bits per heavy atom. The molecule has 0 aromatic heterocycles. The average Bonchev–Trinajstić information content (AvgIpc) is 2.33. The van der Waals surface area contributed by atoms with E-state index in [2.05, 4.69) is 24.8 Å². The predicted molar refractivity (Wildman–Crippen MR) is 72.5 cm³/mol. The van der Waals surface area contributed by atoms with Crippen molar-refractivity contribution in [2.75, 3.05) is 11.4 Å². The molecular formula is C15H23NO. The van der Waals surface area contributed by atoms with Gasteiger partial charge >= 0.3 is 0 Å². The van der Waals surface area contributed by atoms with Gasteiger partial charge in [-0.15, -0.1) is 0 Å². The maximum atomic E-state index is 9.60. The molecule has 2 rings (SSSR count). The highest BCUT2D eigenvalue weighted by Gasteiger charge is 2.26. The third-order valence-electron chi connectivity index (χ3n) is 3.97. The van der Waals surface area contributed by atoms with E-state index in [-0.39, 0.29) is 0 Å². The second-order valence-corrected chi connectivity index (χ2v) is 5.13. The molecule has 0 spiro atoms. The third-order valence-corrected chi connectivity index (χ3v) is 3.97. The molecule has 2 atom stereocenters. The maximum absolute atomic E-state index is 9.60. The normalized spacial score (nSPS) is 24.6. The molecule has 1 aromatic rings. The van der Waals surface area contributed by atoms with Crippen LogP contribution in [0.4, 0.5) is 5.69 Å². The number of nitrogens with zero attached hydrogens (tertiary/aromatic N) is 1. The third kappa shape index (κ3) is 2.74. The fourth-order valence-corrected chi connectivity index (χ4v) is 3.04. The Morgan fingerprint density at radius 2 is 2.06 bits per heavy atom. The smallest absolute Gasteiger partial charge is 0.117 e. The number of benzene rings is 1. The zero-order valence-electron chi connectivity index (χ0n) is 10.9. The molecule has 2 unspecified atom stereocenters. The van der Waals surface area contributed by atoms with Crippen LogP contribution in [0.5, 0.6) is 5.75 Å². The number of phenolic OH excluding ortho intramolecular Hbond substituents is 1. The van der Waals surface area contributed by atoms with Gasteiger partial charge in [0.1, 0.15) is 5.75 Å². The highest BCUT2D eigenvalue weighted by atomic mass is 16.3. The van der Waals surface area contributed by atoms with Crippen molar-refractivity contribution in [3.63, 3.8) is 0 Å². The van der Waals surface area contributed by atoms with Crippen molar-refractivity contribution in [2.24, 2.45) is 5.92 Å². The number of hydrogen-bond donors (Lipinski definition) is 1. The van der Waals surface area contributed by atoms with E-state index >= 15 is 0 Å². The fraction of sp³-hybridized carbons (Fsp3) is 0.600. The lowest BCUT2D eigenvalue weighted by atomic mass is 9.84. The van der Waals surface area contributed by atoms with Crippen LogP contribution in [0.2, 0.25) is 0 Å². The van der Waals surface area contributed by atoms with Crippen molar-refractivity contribution in [2.45, 2.75) is 45.6 Å². The molecule has 0 heterocycles. The number of phenols is 1. The lowest BCUT2D eigenvalue weighted by Crippen LogP contribution is -2.41. The molecule has 94 valence electrons. The fourth-order valence-electron chi connectivity index (χ4n) is 3.04. The molecule has 1 aromatic carbocycles. The first-order valence-corrected chi connectivity index (χ1v) is 6.78. The van der Waals surface area contributed by atoms with Crippen molar-refractivity contribution in [1.29, 1.82) is 0 Å². The molecule has 0 saturated heterocycles. The SMILES string of the molecule is CCN(c1cccc(O)c1)C1CCCCC1C. The molecule has 0 amide bonds. The van der Waals surface area contributed by atoms with E-state index in [1.807, 2.05) is 12.1 Å². The van der Waals surface area contributed by atoms with Gasteiger partial charge in [-0.3, -0.25) is 0 Å². The van der Waals surface area contributed by atoms with Gasteiger partial charge in [0, 0.05) is 24.3 Å². The Bertz CT molecular complexity index is 364. The quantitative estimate of drug-likeness (QED) is 0.858. The first-order valence-electron chi connectivity index (χ1n) is 6.78. The molecule has 1 fully saturated rings. The van der Waals surface area contributed by atoms with E-state index in [0.717, 1.165) is 18.2 Å². The van der Waals surface area contributed by atoms with Crippen molar-refractivity contribution in [3.8, 4) is 5.75 Å². The van der Waals surface area contributed by atoms with Crippen LogP contribution in [0.15, 0.2) is 24.3 Å². The minimum absolute atomic E-state index is 0.365. The minimum atomic E-state index is 0.365. The van der Waals surface area contributed by atoms with Crippen molar-refractivity contribution < 1.29 is 5.11 Å². The summed E-state index contributed by atoms with van der Waals surface area (Å²) in [5, 5.41) is 9.60. The van der Waals surface area contributed by atoms with E-state index in [0.29, 0.717) is 11.8 Å². The van der Waals surface area contributed by atoms with Crippen LogP contribution in [0.3, 0.4) is 0 Å². The van der Waals surface area contributed by atoms with Gasteiger partial charge in [0.25, 0.3) is 0 Å². The van der Waals surface area contributed by atoms with Gasteiger partial charge in [0.05, 0.1) is 0 Å². The molecule has 0 aliphatic heterocycles. The summed E-state index contributed by atoms with van der Waals surface area (Å²) in [6, 6.07) is 8.29. The van der Waals surface area contributed by atoms with Crippen LogP contribution in [0.25, 0.3) is 0 Å². The van der Waals surface area contributed by atoms with Crippen LogP contribution in [-0.2, 0) is 0 Å². The lowest BCUT2D eigenvalue weighted by molar-refractivity contribution is 0.315. The Balaban J connectivity index is 2.20. The molecule has 1 aliphatic rings. The van der Waals surface area contributed by atoms with Gasteiger partial charge in [-0.2, -0.15) is 0 Å². The Morgan fingerprint density at radius 1 is 1.29 bits per heavy atom. The van der Waals surface area contributed by atoms with Gasteiger partial charge in [0.2, 0.25) is 0 Å². The van der Waals surface area contributed by atoms with Crippen molar-refractivity contribution >= 4 is 5.69 Å². The topological polar surface area (TPSA) is 23.5 Å². The van der Waals surface area contributed by atoms with Crippen molar-refractivity contribution in [1.82, 2.24) is 0 Å². The molecule has 0 radical (unpaired) electrons. The zero-order valence-corrected chi connectivity index (χ0v) is 10.9. The second-order valence-electron chi connectivity index (χ2n) is 5.13. The highest BCUT2D eigenvalue weighted by molar-refractivity contribution is 5.51. The molecule has 2 heteroatoms. The van der Waals surface area contributed by atoms with Gasteiger partial charge in [-0.05, 0) is 37.8 Å². The van der Waals surface area contributed by atoms with E-state index < -0.39 is 0 Å². The van der Waals surface area contributed by atoms with Crippen LogP contribution in [-0.4, -0.2) is 17.7 Å². The molecule has 0 bridgehead atoms. The van der Waals surface area contributed by atoms with Gasteiger partial charge in [-0.25, -0.2) is 0 Å². The second kappa shape index (κ2) is 5.44. The van der Waals surface area contributed by atoms with E-state index in [4.69, 9.17) is 0 Å². The average molecular weight is 233 g/mol. The van der Waals surface area contributed by atoms with Crippen LogP contribution in [0, 0.1) is 5.92 Å². The van der Waals surface area contributed by atoms with Crippen LogP contribution >= 0.6 is 0 Å². The van der Waals surface area contributed by atoms with Gasteiger partial charge in [0.15, 0.2) is 0 Å². The lowest BCUT2D eigenvalue weighted by Gasteiger charge is -2.39. The maximum Gasteiger partial charge on any atom is 0.117 e. The van der Waals surface area contributed by atoms with Gasteiger partial charge in [-0.1, -0.05) is 25.8 Å². The standard InChI is InChI=1S/C15H23NO/c1-3-16(13-8-6-9-14(17)11-13)15-10-5-4-7-12(15)2/h6,8-9,11-12,15,17H,3-5,7,10H2,1-2H3. The summed E-state index contributed by atoms with van der Waals surface area (Å²) in [6.45, 7) is 5.57. The highest BCUT2D eigenvalue weighted by Crippen LogP contribution is 2.32. The van der Waals surface area contributed by atoms with Crippen LogP contribution in [0.1, 0.15) is 39.5 Å². The Labute approximate surface area is 104 Å². The number of anilines is 1. The molecule has 1 saturated carbocycles. The Kier molecular flexibility index (Phi) is 3.93. The van der Waals surface area contributed by atoms with E-state index in [1.54, 1.807) is 6.07 Å². The summed E-state index contributed by atoms with van der Waals surface area (Å²) in [6.07, 6.45) is 5.32. The first kappa shape index (κ1) is 12.3. The summed E-state index contributed by atoms with van der Waals surface area (Å²) in [5.41, 5.74) is 1.16. The number of hydrogen-bond acceptors (Lipinski definition) is 2. The molecule has 1 aliphatic carbocycles. The largest absolute Gasteiger partial charge is 0.508 e. The van der Waals surface area contributed by atoms with Crippen LogP contribution < -0.4 is 4.90 Å². The monoisotopic (exact) mass is 233 g/mol. The minimum Gasteiger partial charge on any atom is -0.508 e. The first-order chi connectivity index (χ1) is 8.22. The van der Waals surface area contributed by atoms with Crippen molar-refractivity contribution in [3.05, 3.63) is 24.3 Å². The van der Waals surface area contributed by atoms with E-state index in [1.165, 1.54) is 25.7 Å². The summed E-state index contributed by atoms with van der Waals surface area (Å²) >= 11 is 0. The summed E-state index contributed by atoms with van der Waals surface area (Å²) in [5.74, 6) is 1.12. The number of rotatable bonds is 3. The molecular weight excluding hydrogens is 210 g/mol. The van der Waals surface area contributed by atoms with Gasteiger partial charge < -0.3 is 10.0 Å². The van der Waals surface area contributed by atoms with E-state index in [9.17, 15) is 5.11 Å². The molecule has 1 N–H and O–H groups in total. The molecule has 17 heavy (non-hydrogen) atoms. The molecule has 2 nitrogen and oxygen atoms in total. The number of aromatic hydroxyl groups is 1. The zero-order chi connectivity index (χ0) is 12.3. The predicted octanol–water partition coefficient (Wildman–Crippen LogP) is 3.80. The summed E-state index contributed by atoms with van der Waals surface area (Å²) < 4.78 is 0.